The summed E-state index contributed by atoms with van der Waals surface area (Å²) < 4.78 is 0. The van der Waals surface area contributed by atoms with Crippen LogP contribution in [0.5, 0.6) is 0 Å². The first-order valence-electron chi connectivity index (χ1n) is 5.78. The van der Waals surface area contributed by atoms with Gasteiger partial charge in [0.1, 0.15) is 18.3 Å². The number of nitrogens with zero attached hydrogens (tertiary/aromatic N) is 4. The molecule has 1 unspecified atom stereocenters. The lowest BCUT2D eigenvalue weighted by atomic mass is 10.3. The van der Waals surface area contributed by atoms with Crippen molar-refractivity contribution >= 4 is 11.8 Å². The van der Waals surface area contributed by atoms with Gasteiger partial charge in [0.25, 0.3) is 5.91 Å². The van der Waals surface area contributed by atoms with Crippen molar-refractivity contribution in [2.75, 3.05) is 19.6 Å². The lowest BCUT2D eigenvalue weighted by Gasteiger charge is -2.11. The van der Waals surface area contributed by atoms with Crippen LogP contribution < -0.4 is 11.1 Å². The molecule has 2 rings (SSSR count). The van der Waals surface area contributed by atoms with Crippen molar-refractivity contribution in [2.45, 2.75) is 6.04 Å². The van der Waals surface area contributed by atoms with Gasteiger partial charge in [0, 0.05) is 12.7 Å². The summed E-state index contributed by atoms with van der Waals surface area (Å²) in [5.74, 6) is -0.721. The second kappa shape index (κ2) is 5.89. The maximum atomic E-state index is 11.7. The zero-order valence-corrected chi connectivity index (χ0v) is 10.2. The zero-order valence-electron chi connectivity index (χ0n) is 10.2. The number of amides is 2. The van der Waals surface area contributed by atoms with Crippen LogP contribution in [0.15, 0.2) is 34.7 Å². The third-order valence-electron chi connectivity index (χ3n) is 2.50. The molecule has 1 aliphatic heterocycles. The Bertz CT molecular complexity index is 489. The second-order valence-electron chi connectivity index (χ2n) is 4.10. The van der Waals surface area contributed by atoms with E-state index in [4.69, 9.17) is 5.73 Å². The number of hydrogen-bond acceptors (Lipinski definition) is 6. The predicted octanol–water partition coefficient (Wildman–Crippen LogP) is -0.652. The van der Waals surface area contributed by atoms with E-state index in [-0.39, 0.29) is 18.5 Å². The highest BCUT2D eigenvalue weighted by molar-refractivity contribution is 5.92. The number of carbonyl (C=O) groups is 2. The Kier molecular flexibility index (Phi) is 4.01. The van der Waals surface area contributed by atoms with Crippen LogP contribution in [0.1, 0.15) is 10.5 Å². The van der Waals surface area contributed by atoms with Crippen molar-refractivity contribution < 1.29 is 9.59 Å². The fraction of sp³-hybridized carbons (Fsp3) is 0.364. The third-order valence-corrected chi connectivity index (χ3v) is 2.50. The second-order valence-corrected chi connectivity index (χ2v) is 4.10. The quantitative estimate of drug-likeness (QED) is 0.733. The molecule has 0 aliphatic carbocycles. The Morgan fingerprint density at radius 2 is 2.32 bits per heavy atom. The number of hydrogen-bond donors (Lipinski definition) is 2. The molecular weight excluding hydrogens is 248 g/mol. The van der Waals surface area contributed by atoms with Gasteiger partial charge in [0.05, 0.1) is 6.54 Å². The van der Waals surface area contributed by atoms with E-state index < -0.39 is 5.91 Å². The van der Waals surface area contributed by atoms with E-state index in [1.807, 2.05) is 0 Å². The van der Waals surface area contributed by atoms with E-state index >= 15 is 0 Å². The lowest BCUT2D eigenvalue weighted by Crippen LogP contribution is -2.36. The Labute approximate surface area is 109 Å². The van der Waals surface area contributed by atoms with Crippen LogP contribution in [-0.2, 0) is 4.79 Å². The SMILES string of the molecule is NC(=O)CN1CC(CNC(=O)c2ccccn2)N=N1. The average molecular weight is 262 g/mol. The summed E-state index contributed by atoms with van der Waals surface area (Å²) in [6.07, 6.45) is 1.55. The Hall–Kier alpha value is -2.51. The molecule has 1 aromatic rings. The van der Waals surface area contributed by atoms with Crippen LogP contribution in [0.2, 0.25) is 0 Å². The summed E-state index contributed by atoms with van der Waals surface area (Å²) in [6, 6.07) is 4.94. The summed E-state index contributed by atoms with van der Waals surface area (Å²) in [5, 5.41) is 11.9. The standard InChI is InChI=1S/C11H14N6O2/c12-10(18)7-17-6-8(15-16-17)5-14-11(19)9-3-1-2-4-13-9/h1-4,8H,5-7H2,(H2,12,18)(H,14,19). The Morgan fingerprint density at radius 3 is 3.00 bits per heavy atom. The molecule has 0 radical (unpaired) electrons. The van der Waals surface area contributed by atoms with Gasteiger partial charge in [-0.05, 0) is 12.1 Å². The lowest BCUT2D eigenvalue weighted by molar-refractivity contribution is -0.119. The van der Waals surface area contributed by atoms with Gasteiger partial charge in [-0.15, -0.1) is 0 Å². The molecule has 0 fully saturated rings. The van der Waals surface area contributed by atoms with Gasteiger partial charge in [0.15, 0.2) is 0 Å². The van der Waals surface area contributed by atoms with E-state index in [9.17, 15) is 9.59 Å². The van der Waals surface area contributed by atoms with Gasteiger partial charge in [-0.2, -0.15) is 5.11 Å². The minimum atomic E-state index is -0.461. The largest absolute Gasteiger partial charge is 0.368 e. The van der Waals surface area contributed by atoms with E-state index in [0.717, 1.165) is 0 Å². The summed E-state index contributed by atoms with van der Waals surface area (Å²) in [4.78, 5) is 26.4. The number of carbonyl (C=O) groups excluding carboxylic acids is 2. The monoisotopic (exact) mass is 262 g/mol. The minimum absolute atomic E-state index is 0.0359. The Balaban J connectivity index is 1.77. The van der Waals surface area contributed by atoms with Crippen molar-refractivity contribution in [1.82, 2.24) is 15.3 Å². The van der Waals surface area contributed by atoms with Crippen LogP contribution in [0.4, 0.5) is 0 Å². The van der Waals surface area contributed by atoms with Gasteiger partial charge < -0.3 is 11.1 Å². The number of rotatable bonds is 5. The first kappa shape index (κ1) is 12.9. The molecule has 0 saturated carbocycles. The number of pyridine rings is 1. The number of nitrogens with one attached hydrogen (secondary N) is 1. The van der Waals surface area contributed by atoms with Crippen LogP contribution in [0.25, 0.3) is 0 Å². The normalized spacial score (nSPS) is 17.5. The summed E-state index contributed by atoms with van der Waals surface area (Å²) in [5.41, 5.74) is 5.41. The third kappa shape index (κ3) is 3.73. The van der Waals surface area contributed by atoms with Gasteiger partial charge in [-0.3, -0.25) is 19.6 Å². The molecule has 8 heteroatoms. The molecule has 0 aromatic carbocycles. The van der Waals surface area contributed by atoms with Crippen molar-refractivity contribution in [3.8, 4) is 0 Å². The molecule has 0 bridgehead atoms. The van der Waals surface area contributed by atoms with Crippen LogP contribution in [0.3, 0.4) is 0 Å². The topological polar surface area (TPSA) is 113 Å². The molecule has 100 valence electrons. The number of primary amides is 1. The molecule has 0 spiro atoms. The summed E-state index contributed by atoms with van der Waals surface area (Å²) in [6.45, 7) is 0.841. The van der Waals surface area contributed by atoms with E-state index in [1.54, 1.807) is 24.4 Å². The van der Waals surface area contributed by atoms with Gasteiger partial charge in [-0.25, -0.2) is 0 Å². The predicted molar refractivity (Wildman–Crippen MR) is 66.0 cm³/mol. The minimum Gasteiger partial charge on any atom is -0.368 e. The average Bonchev–Trinajstić information content (AvgIpc) is 2.84. The van der Waals surface area contributed by atoms with Gasteiger partial charge in [0.2, 0.25) is 5.91 Å². The van der Waals surface area contributed by atoms with Gasteiger partial charge >= 0.3 is 0 Å². The first-order valence-corrected chi connectivity index (χ1v) is 5.78. The highest BCUT2D eigenvalue weighted by Gasteiger charge is 2.21. The number of aromatic nitrogens is 1. The van der Waals surface area contributed by atoms with E-state index in [2.05, 4.69) is 20.6 Å². The first-order chi connectivity index (χ1) is 9.15. The molecule has 2 heterocycles. The molecule has 1 aromatic heterocycles. The smallest absolute Gasteiger partial charge is 0.269 e. The summed E-state index contributed by atoms with van der Waals surface area (Å²) in [7, 11) is 0. The highest BCUT2D eigenvalue weighted by Crippen LogP contribution is 2.07. The van der Waals surface area contributed by atoms with Crippen LogP contribution in [0, 0.1) is 0 Å². The summed E-state index contributed by atoms with van der Waals surface area (Å²) >= 11 is 0. The van der Waals surface area contributed by atoms with E-state index in [0.29, 0.717) is 18.8 Å². The fourth-order valence-corrected chi connectivity index (χ4v) is 1.64. The molecule has 1 atom stereocenters. The molecule has 2 amide bonds. The maximum absolute atomic E-state index is 11.7. The molecule has 1 aliphatic rings. The van der Waals surface area contributed by atoms with Crippen molar-refractivity contribution in [2.24, 2.45) is 16.1 Å². The molecule has 8 nitrogen and oxygen atoms in total. The highest BCUT2D eigenvalue weighted by atomic mass is 16.2. The van der Waals surface area contributed by atoms with Gasteiger partial charge in [-0.1, -0.05) is 11.3 Å². The molecule has 19 heavy (non-hydrogen) atoms. The number of nitrogens with two attached hydrogens (primary N) is 1. The van der Waals surface area contributed by atoms with Crippen LogP contribution >= 0.6 is 0 Å². The molecule has 0 saturated heterocycles. The Morgan fingerprint density at radius 1 is 1.47 bits per heavy atom. The van der Waals surface area contributed by atoms with E-state index in [1.165, 1.54) is 5.01 Å². The maximum Gasteiger partial charge on any atom is 0.269 e. The zero-order chi connectivity index (χ0) is 13.7. The fourth-order valence-electron chi connectivity index (χ4n) is 1.64. The van der Waals surface area contributed by atoms with Crippen molar-refractivity contribution in [3.63, 3.8) is 0 Å². The molecular formula is C11H14N6O2. The van der Waals surface area contributed by atoms with Crippen LogP contribution in [-0.4, -0.2) is 47.5 Å². The van der Waals surface area contributed by atoms with Crippen molar-refractivity contribution in [3.05, 3.63) is 30.1 Å². The van der Waals surface area contributed by atoms with Crippen molar-refractivity contribution in [1.29, 1.82) is 0 Å². The molecule has 3 N–H and O–H groups in total.